The first-order valence-corrected chi connectivity index (χ1v) is 16.6. The third-order valence-electron chi connectivity index (χ3n) is 8.98. The summed E-state index contributed by atoms with van der Waals surface area (Å²) in [5.41, 5.74) is 0.887. The minimum atomic E-state index is -1.07. The van der Waals surface area contributed by atoms with Crippen molar-refractivity contribution in [1.29, 1.82) is 0 Å². The lowest BCUT2D eigenvalue weighted by Gasteiger charge is -2.27. The van der Waals surface area contributed by atoms with E-state index in [1.165, 1.54) is 44.2 Å². The van der Waals surface area contributed by atoms with E-state index in [-0.39, 0.29) is 42.7 Å². The summed E-state index contributed by atoms with van der Waals surface area (Å²) < 4.78 is 13.7. The maximum atomic E-state index is 13.7. The smallest absolute Gasteiger partial charge is 0.265 e. The Labute approximate surface area is 281 Å². The lowest BCUT2D eigenvalue weighted by molar-refractivity contribution is -0.137. The molecule has 13 nitrogen and oxygen atoms in total. The molecular weight excluding hydrogens is 637 g/mol. The first-order valence-electron chi connectivity index (χ1n) is 16.6. The van der Waals surface area contributed by atoms with Gasteiger partial charge in [-0.2, -0.15) is 0 Å². The fourth-order valence-electron chi connectivity index (χ4n) is 6.44. The van der Waals surface area contributed by atoms with Crippen LogP contribution in [0.3, 0.4) is 0 Å². The number of nitrogens with zero attached hydrogens (tertiary/aromatic N) is 2. The molecule has 0 bridgehead atoms. The number of anilines is 1. The largest absolute Gasteiger partial charge is 0.384 e. The zero-order chi connectivity index (χ0) is 35.2. The Morgan fingerprint density at radius 1 is 0.653 bits per heavy atom. The zero-order valence-corrected chi connectivity index (χ0v) is 27.1. The van der Waals surface area contributed by atoms with E-state index in [0.29, 0.717) is 16.8 Å². The molecule has 6 rings (SSSR count). The number of hydrogen-bond acceptors (Lipinski definition) is 9. The number of imide groups is 4. The average Bonchev–Trinajstić information content (AvgIpc) is 3.48. The van der Waals surface area contributed by atoms with Crippen LogP contribution in [0.4, 0.5) is 10.1 Å². The maximum absolute atomic E-state index is 13.7. The van der Waals surface area contributed by atoms with E-state index >= 15 is 0 Å². The van der Waals surface area contributed by atoms with Gasteiger partial charge in [0.2, 0.25) is 23.6 Å². The second-order valence-corrected chi connectivity index (χ2v) is 12.3. The van der Waals surface area contributed by atoms with Crippen molar-refractivity contribution in [1.82, 2.24) is 20.4 Å². The summed E-state index contributed by atoms with van der Waals surface area (Å²) >= 11 is 0. The van der Waals surface area contributed by atoms with Gasteiger partial charge in [0, 0.05) is 25.1 Å². The molecule has 4 heterocycles. The third-order valence-corrected chi connectivity index (χ3v) is 8.98. The predicted octanol–water partition coefficient (Wildman–Crippen LogP) is 3.48. The molecule has 4 aliphatic heterocycles. The molecule has 2 atom stereocenters. The standard InChI is InChI=1S/C22H29N3O4.C13H9FN2O4/c1-2-3-4-5-6-7-8-14-23-16-11-9-10-15-19(16)22(29)25(21(15)28)17-12-13-18(26)24-20(17)27;14-7-3-1-2-6-10(7)13(20)16(12(6)19)8-4-5-9(17)15-11(8)18/h9-11,17,23H,2-8,12-14H2,1H3,(H,24,26,27);1-3,8H,4-5H2,(H,15,17,18). The van der Waals surface area contributed by atoms with Gasteiger partial charge in [0.05, 0.1) is 22.3 Å². The van der Waals surface area contributed by atoms with Crippen molar-refractivity contribution < 1.29 is 42.7 Å². The lowest BCUT2D eigenvalue weighted by Crippen LogP contribution is -2.54. The summed E-state index contributed by atoms with van der Waals surface area (Å²) in [4.78, 5) is 98.2. The quantitative estimate of drug-likeness (QED) is 0.238. The molecule has 3 N–H and O–H groups in total. The van der Waals surface area contributed by atoms with Gasteiger partial charge in [-0.15, -0.1) is 0 Å². The fraction of sp³-hybridized carbons (Fsp3) is 0.429. The molecule has 0 aromatic heterocycles. The summed E-state index contributed by atoms with van der Waals surface area (Å²) in [5.74, 6) is -5.41. The highest BCUT2D eigenvalue weighted by Crippen LogP contribution is 2.33. The van der Waals surface area contributed by atoms with Crippen molar-refractivity contribution in [3.05, 3.63) is 64.5 Å². The molecule has 2 fully saturated rings. The number of nitrogens with one attached hydrogen (secondary N) is 3. The highest BCUT2D eigenvalue weighted by molar-refractivity contribution is 6.26. The van der Waals surface area contributed by atoms with Crippen LogP contribution in [-0.2, 0) is 19.2 Å². The van der Waals surface area contributed by atoms with Crippen LogP contribution in [0.15, 0.2) is 36.4 Å². The SMILES string of the molecule is CCCCCCCCCNc1cccc2c1C(=O)N(C1CCC(=O)NC1=O)C2=O.O=C1CCC(N2C(=O)c3cccc(F)c3C2=O)C(=O)N1. The predicted molar refractivity (Wildman–Crippen MR) is 173 cm³/mol. The Balaban J connectivity index is 0.000000204. The molecule has 8 amide bonds. The Bertz CT molecular complexity index is 1730. The van der Waals surface area contributed by atoms with Gasteiger partial charge in [-0.05, 0) is 43.5 Å². The van der Waals surface area contributed by atoms with Crippen molar-refractivity contribution in [2.45, 2.75) is 89.6 Å². The number of rotatable bonds is 11. The summed E-state index contributed by atoms with van der Waals surface area (Å²) in [6.45, 7) is 2.93. The van der Waals surface area contributed by atoms with Gasteiger partial charge >= 0.3 is 0 Å². The number of piperidine rings is 2. The summed E-state index contributed by atoms with van der Waals surface area (Å²) in [6, 6.07) is 6.89. The van der Waals surface area contributed by atoms with Gasteiger partial charge in [-0.25, -0.2) is 4.39 Å². The number of fused-ring (bicyclic) bond motifs is 2. The molecule has 2 saturated heterocycles. The first kappa shape index (κ1) is 35.0. The minimum Gasteiger partial charge on any atom is -0.384 e. The van der Waals surface area contributed by atoms with Crippen LogP contribution in [0.25, 0.3) is 0 Å². The number of benzene rings is 2. The molecule has 0 aliphatic carbocycles. The van der Waals surface area contributed by atoms with E-state index in [2.05, 4.69) is 22.9 Å². The van der Waals surface area contributed by atoms with E-state index in [9.17, 15) is 42.7 Å². The van der Waals surface area contributed by atoms with Crippen LogP contribution >= 0.6 is 0 Å². The molecule has 4 aliphatic rings. The number of hydrogen-bond donors (Lipinski definition) is 3. The topological polar surface area (TPSA) is 179 Å². The molecule has 258 valence electrons. The van der Waals surface area contributed by atoms with Gasteiger partial charge in [0.25, 0.3) is 23.6 Å². The first-order chi connectivity index (χ1) is 23.5. The van der Waals surface area contributed by atoms with Crippen LogP contribution < -0.4 is 16.0 Å². The zero-order valence-electron chi connectivity index (χ0n) is 27.1. The number of unbranched alkanes of at least 4 members (excludes halogenated alkanes) is 6. The molecule has 49 heavy (non-hydrogen) atoms. The van der Waals surface area contributed by atoms with Crippen LogP contribution in [0, 0.1) is 5.82 Å². The number of carbonyl (C=O) groups is 8. The van der Waals surface area contributed by atoms with Crippen molar-refractivity contribution >= 4 is 52.9 Å². The Morgan fingerprint density at radius 2 is 1.14 bits per heavy atom. The van der Waals surface area contributed by atoms with Gasteiger partial charge in [0.1, 0.15) is 17.9 Å². The molecule has 2 unspecified atom stereocenters. The Kier molecular flexibility index (Phi) is 10.9. The molecular formula is C35H38FN5O8. The van der Waals surface area contributed by atoms with Gasteiger partial charge < -0.3 is 5.32 Å². The van der Waals surface area contributed by atoms with Crippen molar-refractivity contribution in [3.8, 4) is 0 Å². The fourth-order valence-corrected chi connectivity index (χ4v) is 6.44. The number of amides is 8. The molecule has 2 aromatic rings. The maximum Gasteiger partial charge on any atom is 0.265 e. The second-order valence-electron chi connectivity index (χ2n) is 12.3. The van der Waals surface area contributed by atoms with E-state index < -0.39 is 59.3 Å². The number of halogens is 1. The average molecular weight is 676 g/mol. The third kappa shape index (κ3) is 7.27. The monoisotopic (exact) mass is 675 g/mol. The van der Waals surface area contributed by atoms with Crippen LogP contribution in [-0.4, -0.2) is 75.7 Å². The van der Waals surface area contributed by atoms with Crippen LogP contribution in [0.2, 0.25) is 0 Å². The van der Waals surface area contributed by atoms with E-state index in [1.54, 1.807) is 18.2 Å². The van der Waals surface area contributed by atoms with Crippen molar-refractivity contribution in [2.75, 3.05) is 11.9 Å². The van der Waals surface area contributed by atoms with Gasteiger partial charge in [-0.1, -0.05) is 57.6 Å². The normalized spacial score (nSPS) is 20.1. The van der Waals surface area contributed by atoms with Gasteiger partial charge in [-0.3, -0.25) is 58.8 Å². The number of carbonyl (C=O) groups excluding carboxylic acids is 8. The highest BCUT2D eigenvalue weighted by atomic mass is 19.1. The van der Waals surface area contributed by atoms with Crippen molar-refractivity contribution in [2.24, 2.45) is 0 Å². The summed E-state index contributed by atoms with van der Waals surface area (Å²) in [7, 11) is 0. The summed E-state index contributed by atoms with van der Waals surface area (Å²) in [5, 5.41) is 7.57. The summed E-state index contributed by atoms with van der Waals surface area (Å²) in [6.07, 6.45) is 8.75. The van der Waals surface area contributed by atoms with E-state index in [4.69, 9.17) is 0 Å². The molecule has 0 saturated carbocycles. The lowest BCUT2D eigenvalue weighted by atomic mass is 10.0. The van der Waals surface area contributed by atoms with E-state index in [0.717, 1.165) is 35.3 Å². The molecule has 14 heteroatoms. The minimum absolute atomic E-state index is 0.0340. The van der Waals surface area contributed by atoms with Crippen LogP contribution in [0.5, 0.6) is 0 Å². The van der Waals surface area contributed by atoms with Crippen molar-refractivity contribution in [3.63, 3.8) is 0 Å². The van der Waals surface area contributed by atoms with Gasteiger partial charge in [0.15, 0.2) is 0 Å². The Morgan fingerprint density at radius 3 is 1.67 bits per heavy atom. The van der Waals surface area contributed by atoms with Crippen LogP contribution in [0.1, 0.15) is 119 Å². The second kappa shape index (κ2) is 15.3. The molecule has 0 radical (unpaired) electrons. The Hall–Kier alpha value is -5.27. The molecule has 2 aromatic carbocycles. The highest BCUT2D eigenvalue weighted by Gasteiger charge is 2.47. The molecule has 0 spiro atoms. The van der Waals surface area contributed by atoms with E-state index in [1.807, 2.05) is 0 Å².